The van der Waals surface area contributed by atoms with E-state index in [0.717, 1.165) is 50.1 Å². The van der Waals surface area contributed by atoms with Gasteiger partial charge in [0.2, 0.25) is 0 Å². The van der Waals surface area contributed by atoms with E-state index in [-0.39, 0.29) is 0 Å². The molecule has 0 amide bonds. The van der Waals surface area contributed by atoms with Crippen molar-refractivity contribution in [1.29, 1.82) is 0 Å². The van der Waals surface area contributed by atoms with Crippen molar-refractivity contribution in [1.82, 2.24) is 0 Å². The minimum atomic E-state index is 0.913. The van der Waals surface area contributed by atoms with Gasteiger partial charge in [0.15, 0.2) is 0 Å². The van der Waals surface area contributed by atoms with Gasteiger partial charge in [-0.2, -0.15) is 0 Å². The molecule has 2 heterocycles. The van der Waals surface area contributed by atoms with Crippen LogP contribution in [0.15, 0.2) is 180 Å². The highest BCUT2D eigenvalue weighted by Gasteiger charge is 2.18. The molecule has 230 valence electrons. The zero-order valence-corrected chi connectivity index (χ0v) is 27.3. The van der Waals surface area contributed by atoms with Crippen LogP contribution in [0.5, 0.6) is 0 Å². The summed E-state index contributed by atoms with van der Waals surface area (Å²) in [6, 6.07) is 63.2. The van der Waals surface area contributed by atoms with Crippen molar-refractivity contribution in [2.24, 2.45) is 0 Å². The maximum atomic E-state index is 6.39. The van der Waals surface area contributed by atoms with Gasteiger partial charge in [-0.15, -0.1) is 11.3 Å². The van der Waals surface area contributed by atoms with Crippen LogP contribution in [-0.4, -0.2) is 0 Å². The van der Waals surface area contributed by atoms with Crippen molar-refractivity contribution in [3.63, 3.8) is 0 Å². The van der Waals surface area contributed by atoms with Gasteiger partial charge in [-0.3, -0.25) is 0 Å². The normalized spacial score (nSPS) is 11.7. The molecule has 0 radical (unpaired) electrons. The van der Waals surface area contributed by atoms with E-state index in [4.69, 9.17) is 4.42 Å². The second kappa shape index (κ2) is 11.2. The molecular formula is C46H29NOS. The number of benzene rings is 8. The Morgan fingerprint density at radius 2 is 1.12 bits per heavy atom. The Balaban J connectivity index is 1.13. The van der Waals surface area contributed by atoms with Gasteiger partial charge in [0.25, 0.3) is 0 Å². The Hall–Kier alpha value is -6.16. The molecular weight excluding hydrogens is 615 g/mol. The SMILES string of the molecule is c1ccc(-c2cccc(N(c3ccc(-c4cccc5c4oc4ccccc45)cc3)c3ccc4c(c3)sc3ccc5ccccc5c34)c2)cc1. The Kier molecular flexibility index (Phi) is 6.39. The average Bonchev–Trinajstić information content (AvgIpc) is 3.74. The number of furan rings is 1. The third-order valence-electron chi connectivity index (χ3n) is 9.66. The molecule has 0 aliphatic carbocycles. The van der Waals surface area contributed by atoms with Gasteiger partial charge in [0.05, 0.1) is 0 Å². The van der Waals surface area contributed by atoms with Crippen molar-refractivity contribution in [3.05, 3.63) is 176 Å². The van der Waals surface area contributed by atoms with E-state index in [1.165, 1.54) is 42.1 Å². The molecule has 0 aliphatic heterocycles. The lowest BCUT2D eigenvalue weighted by Gasteiger charge is -2.26. The fourth-order valence-electron chi connectivity index (χ4n) is 7.34. The minimum absolute atomic E-state index is 0.913. The fraction of sp³-hybridized carbons (Fsp3) is 0. The molecule has 0 unspecified atom stereocenters. The summed E-state index contributed by atoms with van der Waals surface area (Å²) >= 11 is 1.86. The largest absolute Gasteiger partial charge is 0.455 e. The molecule has 0 spiro atoms. The van der Waals surface area contributed by atoms with Crippen LogP contribution in [-0.2, 0) is 0 Å². The Labute approximate surface area is 287 Å². The number of nitrogens with zero attached hydrogens (tertiary/aromatic N) is 1. The van der Waals surface area contributed by atoms with Crippen molar-refractivity contribution in [2.75, 3.05) is 4.90 Å². The van der Waals surface area contributed by atoms with Crippen molar-refractivity contribution in [2.45, 2.75) is 0 Å². The van der Waals surface area contributed by atoms with E-state index < -0.39 is 0 Å². The second-order valence-corrected chi connectivity index (χ2v) is 13.6. The van der Waals surface area contributed by atoms with E-state index in [0.29, 0.717) is 0 Å². The molecule has 0 aliphatic rings. The number of rotatable bonds is 5. The first-order valence-corrected chi connectivity index (χ1v) is 17.4. The maximum Gasteiger partial charge on any atom is 0.143 e. The van der Waals surface area contributed by atoms with Crippen LogP contribution in [0.2, 0.25) is 0 Å². The summed E-state index contributed by atoms with van der Waals surface area (Å²) in [5.41, 5.74) is 9.77. The summed E-state index contributed by atoms with van der Waals surface area (Å²) in [5, 5.41) is 7.50. The summed E-state index contributed by atoms with van der Waals surface area (Å²) in [7, 11) is 0. The van der Waals surface area contributed by atoms with Gasteiger partial charge in [-0.1, -0.05) is 127 Å². The molecule has 0 saturated carbocycles. The summed E-state index contributed by atoms with van der Waals surface area (Å²) < 4.78 is 8.98. The molecule has 10 rings (SSSR count). The van der Waals surface area contributed by atoms with Gasteiger partial charge < -0.3 is 9.32 Å². The standard InChI is InChI=1S/C46H29NOS/c1-2-10-30(11-3-1)33-13-8-14-35(28-33)47(36-25-26-41-44(29-36)49-43-27-22-31-12-4-5-15-37(31)45(41)43)34-23-20-32(21-24-34)38-17-9-18-40-39-16-6-7-19-42(39)48-46(38)40/h1-29H. The van der Waals surface area contributed by atoms with Crippen molar-refractivity contribution < 1.29 is 4.42 Å². The van der Waals surface area contributed by atoms with Crippen LogP contribution in [0.4, 0.5) is 17.1 Å². The zero-order chi connectivity index (χ0) is 32.3. The van der Waals surface area contributed by atoms with E-state index in [1.807, 2.05) is 23.5 Å². The van der Waals surface area contributed by atoms with Crippen LogP contribution in [0, 0.1) is 0 Å². The second-order valence-electron chi connectivity index (χ2n) is 12.5. The minimum Gasteiger partial charge on any atom is -0.455 e. The number of thiophene rings is 1. The first-order chi connectivity index (χ1) is 24.3. The Bertz CT molecular complexity index is 2830. The number of anilines is 3. The third kappa shape index (κ3) is 4.62. The molecule has 0 saturated heterocycles. The predicted molar refractivity (Wildman–Crippen MR) is 210 cm³/mol. The first kappa shape index (κ1) is 27.9. The fourth-order valence-corrected chi connectivity index (χ4v) is 8.50. The molecule has 0 N–H and O–H groups in total. The molecule has 10 aromatic rings. The van der Waals surface area contributed by atoms with Crippen molar-refractivity contribution >= 4 is 81.3 Å². The number of fused-ring (bicyclic) bond motifs is 8. The topological polar surface area (TPSA) is 16.4 Å². The van der Waals surface area contributed by atoms with Gasteiger partial charge >= 0.3 is 0 Å². The average molecular weight is 644 g/mol. The number of para-hydroxylation sites is 2. The quantitative estimate of drug-likeness (QED) is 0.186. The summed E-state index contributed by atoms with van der Waals surface area (Å²) in [4.78, 5) is 2.37. The smallest absolute Gasteiger partial charge is 0.143 e. The molecule has 2 aromatic heterocycles. The van der Waals surface area contributed by atoms with E-state index in [9.17, 15) is 0 Å². The highest BCUT2D eigenvalue weighted by atomic mass is 32.1. The first-order valence-electron chi connectivity index (χ1n) is 16.6. The molecule has 0 fully saturated rings. The van der Waals surface area contributed by atoms with E-state index in [2.05, 4.69) is 169 Å². The van der Waals surface area contributed by atoms with E-state index >= 15 is 0 Å². The lowest BCUT2D eigenvalue weighted by atomic mass is 10.0. The number of hydrogen-bond acceptors (Lipinski definition) is 3. The predicted octanol–water partition coefficient (Wildman–Crippen LogP) is 13.9. The van der Waals surface area contributed by atoms with Gasteiger partial charge in [-0.25, -0.2) is 0 Å². The third-order valence-corrected chi connectivity index (χ3v) is 10.8. The summed E-state index contributed by atoms with van der Waals surface area (Å²) in [6.45, 7) is 0. The monoisotopic (exact) mass is 643 g/mol. The number of hydrogen-bond donors (Lipinski definition) is 0. The summed E-state index contributed by atoms with van der Waals surface area (Å²) in [6.07, 6.45) is 0. The molecule has 3 heteroatoms. The highest BCUT2D eigenvalue weighted by molar-refractivity contribution is 7.26. The van der Waals surface area contributed by atoms with Crippen LogP contribution >= 0.6 is 11.3 Å². The van der Waals surface area contributed by atoms with Gasteiger partial charge in [0, 0.05) is 53.6 Å². The van der Waals surface area contributed by atoms with Gasteiger partial charge in [-0.05, 0) is 76.0 Å². The van der Waals surface area contributed by atoms with Gasteiger partial charge in [0.1, 0.15) is 11.2 Å². The van der Waals surface area contributed by atoms with Crippen LogP contribution in [0.3, 0.4) is 0 Å². The molecule has 49 heavy (non-hydrogen) atoms. The molecule has 0 bridgehead atoms. The van der Waals surface area contributed by atoms with E-state index in [1.54, 1.807) is 0 Å². The van der Waals surface area contributed by atoms with Crippen LogP contribution < -0.4 is 4.90 Å². The molecule has 0 atom stereocenters. The highest BCUT2D eigenvalue weighted by Crippen LogP contribution is 2.44. The zero-order valence-electron chi connectivity index (χ0n) is 26.5. The Morgan fingerprint density at radius 3 is 2.02 bits per heavy atom. The maximum absolute atomic E-state index is 6.39. The van der Waals surface area contributed by atoms with Crippen LogP contribution in [0.1, 0.15) is 0 Å². The Morgan fingerprint density at radius 1 is 0.408 bits per heavy atom. The summed E-state index contributed by atoms with van der Waals surface area (Å²) in [5.74, 6) is 0. The van der Waals surface area contributed by atoms with Crippen LogP contribution in [0.25, 0.3) is 75.1 Å². The van der Waals surface area contributed by atoms with Crippen molar-refractivity contribution in [3.8, 4) is 22.3 Å². The molecule has 2 nitrogen and oxygen atoms in total. The lowest BCUT2D eigenvalue weighted by molar-refractivity contribution is 0.670. The molecule has 8 aromatic carbocycles. The lowest BCUT2D eigenvalue weighted by Crippen LogP contribution is -2.09.